The quantitative estimate of drug-likeness (QED) is 0.0932. The van der Waals surface area contributed by atoms with Crippen LogP contribution in [0.2, 0.25) is 0 Å². The van der Waals surface area contributed by atoms with Crippen LogP contribution >= 0.6 is 0 Å². The second-order valence-electron chi connectivity index (χ2n) is 12.8. The van der Waals surface area contributed by atoms with Crippen molar-refractivity contribution in [3.63, 3.8) is 0 Å². The van der Waals surface area contributed by atoms with Gasteiger partial charge in [-0.3, -0.25) is 0 Å². The summed E-state index contributed by atoms with van der Waals surface area (Å²) in [4.78, 5) is 0. The molecule has 0 radical (unpaired) electrons. The Labute approximate surface area is 285 Å². The zero-order valence-corrected chi connectivity index (χ0v) is 27.9. The fraction of sp³-hybridized carbons (Fsp3) is 0.149. The van der Waals surface area contributed by atoms with E-state index in [9.17, 15) is 0 Å². The van der Waals surface area contributed by atoms with Gasteiger partial charge in [0.1, 0.15) is 0 Å². The first-order chi connectivity index (χ1) is 23.7. The van der Waals surface area contributed by atoms with Crippen molar-refractivity contribution in [2.75, 3.05) is 6.61 Å². The third-order valence-electron chi connectivity index (χ3n) is 9.38. The molecule has 0 amide bonds. The summed E-state index contributed by atoms with van der Waals surface area (Å²) in [5.74, 6) is 1.43. The summed E-state index contributed by atoms with van der Waals surface area (Å²) in [7, 11) is 0. The molecule has 0 aliphatic heterocycles. The molecule has 6 aromatic carbocycles. The second kappa shape index (κ2) is 14.7. The average Bonchev–Trinajstić information content (AvgIpc) is 3.94. The van der Waals surface area contributed by atoms with E-state index in [0.717, 1.165) is 5.92 Å². The van der Waals surface area contributed by atoms with Gasteiger partial charge in [-0.1, -0.05) is 163 Å². The van der Waals surface area contributed by atoms with Gasteiger partial charge in [-0.25, -0.2) is 0 Å². The van der Waals surface area contributed by atoms with Crippen molar-refractivity contribution in [2.24, 2.45) is 5.92 Å². The first kappa shape index (κ1) is 31.4. The lowest BCUT2D eigenvalue weighted by atomic mass is 9.85. The minimum absolute atomic E-state index is 0.583. The Kier molecular flexibility index (Phi) is 9.59. The maximum absolute atomic E-state index is 5.81. The van der Waals surface area contributed by atoms with Crippen LogP contribution in [0.5, 0.6) is 0 Å². The predicted molar refractivity (Wildman–Crippen MR) is 206 cm³/mol. The summed E-state index contributed by atoms with van der Waals surface area (Å²) in [5.41, 5.74) is 10.4. The summed E-state index contributed by atoms with van der Waals surface area (Å²) >= 11 is 0. The third-order valence-corrected chi connectivity index (χ3v) is 9.38. The number of fused-ring (bicyclic) bond motifs is 8. The van der Waals surface area contributed by atoms with Gasteiger partial charge in [0.25, 0.3) is 0 Å². The van der Waals surface area contributed by atoms with Gasteiger partial charge in [0.05, 0.1) is 13.2 Å². The Morgan fingerprint density at radius 2 is 1.48 bits per heavy atom. The first-order valence-electron chi connectivity index (χ1n) is 17.1. The minimum Gasteiger partial charge on any atom is -0.373 e. The van der Waals surface area contributed by atoms with Gasteiger partial charge in [0.2, 0.25) is 0 Å². The molecule has 236 valence electrons. The number of allylic oxidation sites excluding steroid dienone is 6. The molecule has 2 aliphatic carbocycles. The maximum Gasteiger partial charge on any atom is 0.0721 e. The zero-order chi connectivity index (χ0) is 32.7. The van der Waals surface area contributed by atoms with Crippen molar-refractivity contribution in [2.45, 2.75) is 32.8 Å². The van der Waals surface area contributed by atoms with Gasteiger partial charge in [0.15, 0.2) is 0 Å². The highest BCUT2D eigenvalue weighted by atomic mass is 16.5. The number of hydrogen-bond donors (Lipinski definition) is 0. The topological polar surface area (TPSA) is 9.23 Å². The van der Waals surface area contributed by atoms with Crippen molar-refractivity contribution < 1.29 is 4.74 Å². The lowest BCUT2D eigenvalue weighted by Gasteiger charge is -2.18. The largest absolute Gasteiger partial charge is 0.373 e. The summed E-state index contributed by atoms with van der Waals surface area (Å²) in [6.07, 6.45) is 16.7. The molecule has 8 rings (SSSR count). The molecular formula is C47H42O. The number of rotatable bonds is 8. The van der Waals surface area contributed by atoms with Crippen molar-refractivity contribution >= 4 is 33.2 Å². The number of benzene rings is 6. The number of hydrogen-bond acceptors (Lipinski definition) is 1. The molecule has 2 atom stereocenters. The van der Waals surface area contributed by atoms with Crippen LogP contribution in [-0.4, -0.2) is 6.61 Å². The van der Waals surface area contributed by atoms with Crippen molar-refractivity contribution in [1.82, 2.24) is 0 Å². The van der Waals surface area contributed by atoms with Gasteiger partial charge in [0, 0.05) is 0 Å². The zero-order valence-electron chi connectivity index (χ0n) is 27.9. The van der Waals surface area contributed by atoms with Crippen LogP contribution < -0.4 is 0 Å². The van der Waals surface area contributed by atoms with E-state index < -0.39 is 0 Å². The molecule has 48 heavy (non-hydrogen) atoms. The van der Waals surface area contributed by atoms with Crippen LogP contribution in [0.3, 0.4) is 0 Å². The van der Waals surface area contributed by atoms with Crippen LogP contribution in [-0.2, 0) is 11.3 Å². The highest BCUT2D eigenvalue weighted by molar-refractivity contribution is 6.14. The fourth-order valence-electron chi connectivity index (χ4n) is 6.87. The summed E-state index contributed by atoms with van der Waals surface area (Å²) in [6, 6.07) is 45.5. The van der Waals surface area contributed by atoms with Crippen molar-refractivity contribution in [1.29, 1.82) is 0 Å². The molecule has 1 heteroatoms. The van der Waals surface area contributed by atoms with E-state index in [0.29, 0.717) is 19.1 Å². The van der Waals surface area contributed by atoms with E-state index in [2.05, 4.69) is 147 Å². The molecule has 1 fully saturated rings. The summed E-state index contributed by atoms with van der Waals surface area (Å²) in [6.45, 7) is 5.36. The van der Waals surface area contributed by atoms with Crippen molar-refractivity contribution in [3.05, 3.63) is 192 Å². The van der Waals surface area contributed by atoms with Crippen molar-refractivity contribution in [3.8, 4) is 11.1 Å². The molecule has 0 heterocycles. The van der Waals surface area contributed by atoms with E-state index in [-0.39, 0.29) is 0 Å². The molecule has 0 bridgehead atoms. The Bertz CT molecular complexity index is 2150. The smallest absolute Gasteiger partial charge is 0.0721 e. The number of aryl methyl sites for hydroxylation is 1. The molecule has 6 aromatic rings. The highest BCUT2D eigenvalue weighted by Gasteiger charge is 2.41. The summed E-state index contributed by atoms with van der Waals surface area (Å²) in [5, 5.41) is 5.51. The van der Waals surface area contributed by atoms with E-state index in [4.69, 9.17) is 4.74 Å². The second-order valence-corrected chi connectivity index (χ2v) is 12.8. The van der Waals surface area contributed by atoms with Gasteiger partial charge in [-0.05, 0) is 105 Å². The average molecular weight is 623 g/mol. The Morgan fingerprint density at radius 3 is 2.25 bits per heavy atom. The van der Waals surface area contributed by atoms with Gasteiger partial charge in [-0.15, -0.1) is 0 Å². The van der Waals surface area contributed by atoms with Gasteiger partial charge >= 0.3 is 0 Å². The summed E-state index contributed by atoms with van der Waals surface area (Å²) < 4.78 is 5.81. The normalized spacial score (nSPS) is 16.6. The molecule has 1 saturated carbocycles. The standard InChI is InChI=1S/C40H34O.C7H8/c1-2-11-29(14-8-9-23-41-27-28-12-4-3-5-13-28)30-15-10-16-31(24-30)32-19-21-35-37-22-20-33-26-38(33)40(37)36-18-7-6-17-34(36)39(35)25-32;1-7-5-3-2-4-6-7/h2-22,24-25,33,38H,23,26-27H2,1H3;2-6H,1H3/b9-8+,11-2-,29-14+;. The highest BCUT2D eigenvalue weighted by Crippen LogP contribution is 2.56. The Balaban J connectivity index is 0.000000465. The molecule has 1 nitrogen and oxygen atoms in total. The molecule has 0 saturated heterocycles. The molecule has 2 unspecified atom stereocenters. The molecule has 2 aliphatic rings. The molecular weight excluding hydrogens is 581 g/mol. The fourth-order valence-corrected chi connectivity index (χ4v) is 6.87. The lowest BCUT2D eigenvalue weighted by molar-refractivity contribution is 0.148. The van der Waals surface area contributed by atoms with Crippen LogP contribution in [0, 0.1) is 12.8 Å². The van der Waals surface area contributed by atoms with E-state index in [1.165, 1.54) is 66.9 Å². The van der Waals surface area contributed by atoms with E-state index in [1.807, 2.05) is 36.4 Å². The predicted octanol–water partition coefficient (Wildman–Crippen LogP) is 12.5. The first-order valence-corrected chi connectivity index (χ1v) is 17.1. The Hall–Kier alpha value is -5.24. The number of ether oxygens (including phenoxy) is 1. The van der Waals surface area contributed by atoms with Crippen LogP contribution in [0.1, 0.15) is 47.1 Å². The maximum atomic E-state index is 5.81. The molecule has 0 spiro atoms. The molecule has 0 N–H and O–H groups in total. The minimum atomic E-state index is 0.583. The lowest BCUT2D eigenvalue weighted by Crippen LogP contribution is -1.97. The van der Waals surface area contributed by atoms with E-state index in [1.54, 1.807) is 5.56 Å². The third kappa shape index (κ3) is 7.03. The molecule has 0 aromatic heterocycles. The van der Waals surface area contributed by atoms with Crippen LogP contribution in [0.25, 0.3) is 44.3 Å². The monoisotopic (exact) mass is 622 g/mol. The van der Waals surface area contributed by atoms with Crippen LogP contribution in [0.4, 0.5) is 0 Å². The SMILES string of the molecule is C\C=C/C(=C\C=C\COCc1ccccc1)c1cccc(-c2ccc3c4c(c5ccccc5c3c2)C2CC2C=C4)c1.Cc1ccccc1. The van der Waals surface area contributed by atoms with E-state index >= 15 is 0 Å². The van der Waals surface area contributed by atoms with Crippen LogP contribution in [0.15, 0.2) is 164 Å². The van der Waals surface area contributed by atoms with Gasteiger partial charge in [-0.2, -0.15) is 0 Å². The Morgan fingerprint density at radius 1 is 0.729 bits per heavy atom. The van der Waals surface area contributed by atoms with Gasteiger partial charge < -0.3 is 4.74 Å².